The molecule has 0 amide bonds. The molecule has 47 heavy (non-hydrogen) atoms. The first-order chi connectivity index (χ1) is 23.1. The topological polar surface area (TPSA) is 4.93 Å². The summed E-state index contributed by atoms with van der Waals surface area (Å²) >= 11 is 1.91. The average Bonchev–Trinajstić information content (AvgIpc) is 3.73. The summed E-state index contributed by atoms with van der Waals surface area (Å²) in [6.45, 7) is 4.82. The van der Waals surface area contributed by atoms with Gasteiger partial charge in [0, 0.05) is 42.0 Å². The van der Waals surface area contributed by atoms with Gasteiger partial charge in [-0.25, -0.2) is 0 Å². The van der Waals surface area contributed by atoms with Crippen LogP contribution in [0, 0.1) is 0 Å². The van der Waals surface area contributed by atoms with E-state index in [1.807, 2.05) is 11.3 Å². The molecule has 0 N–H and O–H groups in total. The van der Waals surface area contributed by atoms with Crippen molar-refractivity contribution in [2.75, 3.05) is 0 Å². The third-order valence-corrected chi connectivity index (χ3v) is 11.5. The fourth-order valence-corrected chi connectivity index (χ4v) is 9.28. The Hall–Kier alpha value is -5.44. The quantitative estimate of drug-likeness (QED) is 0.186. The molecule has 1 aliphatic rings. The molecule has 2 heteroatoms. The van der Waals surface area contributed by atoms with Gasteiger partial charge in [-0.2, -0.15) is 0 Å². The van der Waals surface area contributed by atoms with E-state index in [2.05, 4.69) is 170 Å². The maximum atomic E-state index is 2.46. The van der Waals surface area contributed by atoms with E-state index in [0.717, 1.165) is 0 Å². The van der Waals surface area contributed by atoms with Gasteiger partial charge in [-0.3, -0.25) is 0 Å². The van der Waals surface area contributed by atoms with Crippen LogP contribution in [0.4, 0.5) is 0 Å². The van der Waals surface area contributed by atoms with Crippen molar-refractivity contribution in [3.05, 3.63) is 163 Å². The van der Waals surface area contributed by atoms with Crippen LogP contribution in [0.3, 0.4) is 0 Å². The summed E-state index contributed by atoms with van der Waals surface area (Å²) in [4.78, 5) is 0. The lowest BCUT2D eigenvalue weighted by atomic mass is 9.80. The van der Waals surface area contributed by atoms with Crippen molar-refractivity contribution in [1.29, 1.82) is 0 Å². The lowest BCUT2D eigenvalue weighted by molar-refractivity contribution is 0.667. The summed E-state index contributed by atoms with van der Waals surface area (Å²) in [7, 11) is 0. The van der Waals surface area contributed by atoms with E-state index in [-0.39, 0.29) is 5.41 Å². The van der Waals surface area contributed by atoms with E-state index < -0.39 is 0 Å². The number of rotatable bonds is 3. The first-order valence-corrected chi connectivity index (χ1v) is 17.2. The van der Waals surface area contributed by atoms with Crippen molar-refractivity contribution in [3.8, 4) is 39.1 Å². The van der Waals surface area contributed by atoms with Gasteiger partial charge in [0.1, 0.15) is 0 Å². The second kappa shape index (κ2) is 9.78. The molecule has 0 saturated carbocycles. The molecule has 0 fully saturated rings. The Morgan fingerprint density at radius 2 is 1.06 bits per heavy atom. The van der Waals surface area contributed by atoms with Crippen LogP contribution in [-0.4, -0.2) is 4.57 Å². The van der Waals surface area contributed by atoms with Gasteiger partial charge in [0.2, 0.25) is 0 Å². The summed E-state index contributed by atoms with van der Waals surface area (Å²) in [6, 6.07) is 56.1. The second-order valence-corrected chi connectivity index (χ2v) is 14.4. The minimum absolute atomic E-state index is 0.109. The molecule has 222 valence electrons. The number of hydrogen-bond acceptors (Lipinski definition) is 1. The molecule has 2 aromatic heterocycles. The molecular formula is C45H31NS. The maximum Gasteiger partial charge on any atom is 0.0541 e. The van der Waals surface area contributed by atoms with Crippen molar-refractivity contribution >= 4 is 53.3 Å². The monoisotopic (exact) mass is 617 g/mol. The molecule has 0 unspecified atom stereocenters. The molecular weight excluding hydrogens is 587 g/mol. The minimum Gasteiger partial charge on any atom is -0.309 e. The third-order valence-electron chi connectivity index (χ3n) is 10.4. The van der Waals surface area contributed by atoms with Crippen LogP contribution in [0.2, 0.25) is 0 Å². The summed E-state index contributed by atoms with van der Waals surface area (Å²) in [5, 5.41) is 5.34. The first kappa shape index (κ1) is 26.7. The summed E-state index contributed by atoms with van der Waals surface area (Å²) in [5.41, 5.74) is 14.1. The Balaban J connectivity index is 1.17. The zero-order valence-corrected chi connectivity index (χ0v) is 27.1. The minimum atomic E-state index is -0.109. The van der Waals surface area contributed by atoms with Gasteiger partial charge < -0.3 is 4.57 Å². The van der Waals surface area contributed by atoms with E-state index in [4.69, 9.17) is 0 Å². The predicted octanol–water partition coefficient (Wildman–Crippen LogP) is 12.8. The zero-order valence-electron chi connectivity index (χ0n) is 26.3. The van der Waals surface area contributed by atoms with Crippen molar-refractivity contribution in [1.82, 2.24) is 4.57 Å². The summed E-state index contributed by atoms with van der Waals surface area (Å²) < 4.78 is 5.14. The molecule has 0 radical (unpaired) electrons. The zero-order chi connectivity index (χ0) is 31.3. The highest BCUT2D eigenvalue weighted by molar-refractivity contribution is 7.25. The average molecular weight is 618 g/mol. The number of nitrogens with zero attached hydrogens (tertiary/aromatic N) is 1. The van der Waals surface area contributed by atoms with Crippen LogP contribution in [0.5, 0.6) is 0 Å². The lowest BCUT2D eigenvalue weighted by Gasteiger charge is -2.23. The SMILES string of the molecule is CC1(C)c2cc(-c3ccc4c(c3)c3cc(-c5ccccc5)ccc3n4-c3ccccc3)ccc2-c2ccc3sc4ccccc4c3c21. The van der Waals surface area contributed by atoms with Gasteiger partial charge in [-0.1, -0.05) is 111 Å². The fraction of sp³-hybridized carbons (Fsp3) is 0.0667. The van der Waals surface area contributed by atoms with Crippen molar-refractivity contribution < 1.29 is 0 Å². The van der Waals surface area contributed by atoms with Gasteiger partial charge in [-0.15, -0.1) is 11.3 Å². The Morgan fingerprint density at radius 3 is 1.81 bits per heavy atom. The summed E-state index contributed by atoms with van der Waals surface area (Å²) in [5.74, 6) is 0. The van der Waals surface area contributed by atoms with Crippen LogP contribution >= 0.6 is 11.3 Å². The molecule has 7 aromatic carbocycles. The number of thiophene rings is 1. The number of para-hydroxylation sites is 1. The molecule has 1 aliphatic carbocycles. The van der Waals surface area contributed by atoms with Gasteiger partial charge in [0.15, 0.2) is 0 Å². The predicted molar refractivity (Wildman–Crippen MR) is 202 cm³/mol. The van der Waals surface area contributed by atoms with Crippen LogP contribution in [0.1, 0.15) is 25.0 Å². The Kier molecular flexibility index (Phi) is 5.57. The van der Waals surface area contributed by atoms with Gasteiger partial charge in [0.05, 0.1) is 11.0 Å². The van der Waals surface area contributed by atoms with Crippen molar-refractivity contribution in [3.63, 3.8) is 0 Å². The molecule has 0 saturated heterocycles. The molecule has 0 atom stereocenters. The normalized spacial score (nSPS) is 13.5. The maximum absolute atomic E-state index is 2.46. The Labute approximate surface area is 278 Å². The molecule has 0 aliphatic heterocycles. The van der Waals surface area contributed by atoms with Gasteiger partial charge in [0.25, 0.3) is 0 Å². The summed E-state index contributed by atoms with van der Waals surface area (Å²) in [6.07, 6.45) is 0. The molecule has 1 nitrogen and oxygen atoms in total. The number of aromatic nitrogens is 1. The van der Waals surface area contributed by atoms with E-state index in [0.29, 0.717) is 0 Å². The first-order valence-electron chi connectivity index (χ1n) is 16.4. The van der Waals surface area contributed by atoms with E-state index in [1.165, 1.54) is 92.2 Å². The van der Waals surface area contributed by atoms with Crippen LogP contribution in [-0.2, 0) is 5.41 Å². The Morgan fingerprint density at radius 1 is 0.468 bits per heavy atom. The number of benzene rings is 7. The van der Waals surface area contributed by atoms with Gasteiger partial charge in [-0.05, 0) is 99.1 Å². The standard InChI is InChI=1S/C45H31NS/c1-45(2)38-27-31(17-20-33(38)34-21-24-42-43(44(34)45)35-15-9-10-16-41(35)47-42)30-19-23-40-37(26-30)36-25-29(28-11-5-3-6-12-28)18-22-39(36)46(40)32-13-7-4-8-14-32/h3-27H,1-2H3. The highest BCUT2D eigenvalue weighted by atomic mass is 32.1. The van der Waals surface area contributed by atoms with Crippen LogP contribution in [0.15, 0.2) is 152 Å². The Bertz CT molecular complexity index is 2690. The van der Waals surface area contributed by atoms with Crippen LogP contribution < -0.4 is 0 Å². The van der Waals surface area contributed by atoms with Crippen molar-refractivity contribution in [2.45, 2.75) is 19.3 Å². The van der Waals surface area contributed by atoms with E-state index in [9.17, 15) is 0 Å². The molecule has 10 rings (SSSR count). The highest BCUT2D eigenvalue weighted by Gasteiger charge is 2.38. The van der Waals surface area contributed by atoms with E-state index >= 15 is 0 Å². The largest absolute Gasteiger partial charge is 0.309 e. The molecule has 9 aromatic rings. The third kappa shape index (κ3) is 3.83. The van der Waals surface area contributed by atoms with Crippen molar-refractivity contribution in [2.24, 2.45) is 0 Å². The van der Waals surface area contributed by atoms with E-state index in [1.54, 1.807) is 0 Å². The number of fused-ring (bicyclic) bond motifs is 10. The van der Waals surface area contributed by atoms with Gasteiger partial charge >= 0.3 is 0 Å². The highest BCUT2D eigenvalue weighted by Crippen LogP contribution is 2.54. The molecule has 2 heterocycles. The molecule has 0 spiro atoms. The second-order valence-electron chi connectivity index (χ2n) is 13.3. The molecule has 0 bridgehead atoms. The van der Waals surface area contributed by atoms with Crippen LogP contribution in [0.25, 0.3) is 81.0 Å². The number of hydrogen-bond donors (Lipinski definition) is 0. The lowest BCUT2D eigenvalue weighted by Crippen LogP contribution is -2.15. The smallest absolute Gasteiger partial charge is 0.0541 e. The fourth-order valence-electron chi connectivity index (χ4n) is 8.17.